The zero-order valence-electron chi connectivity index (χ0n) is 12.1. The Kier molecular flexibility index (Phi) is 3.96. The van der Waals surface area contributed by atoms with E-state index in [-0.39, 0.29) is 11.4 Å². The highest BCUT2D eigenvalue weighted by Gasteiger charge is 2.20. The second kappa shape index (κ2) is 5.37. The van der Waals surface area contributed by atoms with Gasteiger partial charge in [-0.3, -0.25) is 9.36 Å². The first-order chi connectivity index (χ1) is 9.33. The van der Waals surface area contributed by atoms with Crippen molar-refractivity contribution >= 4 is 10.0 Å². The first kappa shape index (κ1) is 14.7. The van der Waals surface area contributed by atoms with Gasteiger partial charge in [0, 0.05) is 38.1 Å². The fourth-order valence-electron chi connectivity index (χ4n) is 1.99. The minimum absolute atomic E-state index is 0.209. The summed E-state index contributed by atoms with van der Waals surface area (Å²) >= 11 is 0. The van der Waals surface area contributed by atoms with Crippen molar-refractivity contribution in [2.75, 3.05) is 0 Å². The van der Waals surface area contributed by atoms with Crippen LogP contribution in [0.5, 0.6) is 0 Å². The average Bonchev–Trinajstić information content (AvgIpc) is 2.90. The van der Waals surface area contributed by atoms with E-state index in [2.05, 4.69) is 14.9 Å². The van der Waals surface area contributed by atoms with Crippen LogP contribution in [-0.2, 0) is 30.2 Å². The Hall–Kier alpha value is -1.67. The molecule has 0 bridgehead atoms. The van der Waals surface area contributed by atoms with Crippen LogP contribution in [0.2, 0.25) is 0 Å². The number of hydrogen-bond acceptors (Lipinski definition) is 4. The third kappa shape index (κ3) is 2.91. The lowest BCUT2D eigenvalue weighted by atomic mass is 10.3. The van der Waals surface area contributed by atoms with Crippen LogP contribution < -0.4 is 4.72 Å². The van der Waals surface area contributed by atoms with Crippen LogP contribution in [0.1, 0.15) is 23.9 Å². The number of nitrogens with one attached hydrogen (secondary N) is 1. The van der Waals surface area contributed by atoms with Crippen LogP contribution in [0.4, 0.5) is 0 Å². The molecule has 0 aliphatic heterocycles. The summed E-state index contributed by atoms with van der Waals surface area (Å²) in [4.78, 5) is 0.209. The third-order valence-corrected chi connectivity index (χ3v) is 4.59. The molecule has 0 saturated heterocycles. The number of rotatable bonds is 5. The van der Waals surface area contributed by atoms with E-state index in [4.69, 9.17) is 0 Å². The summed E-state index contributed by atoms with van der Waals surface area (Å²) in [6.45, 7) is 6.51. The minimum Gasteiger partial charge on any atom is -0.274 e. The van der Waals surface area contributed by atoms with Gasteiger partial charge in [0.2, 0.25) is 10.0 Å². The van der Waals surface area contributed by atoms with Crippen molar-refractivity contribution in [3.63, 3.8) is 0 Å². The molecule has 2 aromatic rings. The van der Waals surface area contributed by atoms with Gasteiger partial charge in [0.25, 0.3) is 0 Å². The van der Waals surface area contributed by atoms with Gasteiger partial charge in [-0.05, 0) is 20.8 Å². The number of sulfonamides is 1. The first-order valence-electron chi connectivity index (χ1n) is 6.36. The summed E-state index contributed by atoms with van der Waals surface area (Å²) < 4.78 is 30.3. The number of aryl methyl sites for hydroxylation is 4. The topological polar surface area (TPSA) is 81.8 Å². The van der Waals surface area contributed by atoms with E-state index in [9.17, 15) is 8.42 Å². The fraction of sp³-hybridized carbons (Fsp3) is 0.500. The summed E-state index contributed by atoms with van der Waals surface area (Å²) in [5, 5.41) is 8.34. The zero-order valence-corrected chi connectivity index (χ0v) is 12.9. The lowest BCUT2D eigenvalue weighted by Gasteiger charge is -2.04. The Morgan fingerprint density at radius 2 is 1.90 bits per heavy atom. The molecule has 0 saturated carbocycles. The van der Waals surface area contributed by atoms with E-state index in [0.717, 1.165) is 17.8 Å². The molecule has 0 fully saturated rings. The fourth-order valence-corrected chi connectivity index (χ4v) is 3.21. The molecule has 0 unspecified atom stereocenters. The molecule has 20 heavy (non-hydrogen) atoms. The number of aromatic nitrogens is 4. The summed E-state index contributed by atoms with van der Waals surface area (Å²) in [5.74, 6) is 0. The number of hydrogen-bond donors (Lipinski definition) is 1. The van der Waals surface area contributed by atoms with Gasteiger partial charge >= 0.3 is 0 Å². The van der Waals surface area contributed by atoms with Crippen LogP contribution >= 0.6 is 0 Å². The first-order valence-corrected chi connectivity index (χ1v) is 7.84. The second-order valence-electron chi connectivity index (χ2n) is 4.67. The molecule has 8 heteroatoms. The lowest BCUT2D eigenvalue weighted by molar-refractivity contribution is 0.580. The smallest absolute Gasteiger partial charge is 0.244 e. The highest BCUT2D eigenvalue weighted by Crippen LogP contribution is 2.13. The van der Waals surface area contributed by atoms with Gasteiger partial charge in [-0.15, -0.1) is 0 Å². The molecule has 1 N–H and O–H groups in total. The average molecular weight is 297 g/mol. The monoisotopic (exact) mass is 297 g/mol. The van der Waals surface area contributed by atoms with Crippen LogP contribution in [0.25, 0.3) is 0 Å². The van der Waals surface area contributed by atoms with Gasteiger partial charge in [-0.25, -0.2) is 13.1 Å². The van der Waals surface area contributed by atoms with Crippen molar-refractivity contribution in [3.05, 3.63) is 29.3 Å². The van der Waals surface area contributed by atoms with Crippen LogP contribution in [0, 0.1) is 13.8 Å². The quantitative estimate of drug-likeness (QED) is 0.882. The van der Waals surface area contributed by atoms with Gasteiger partial charge in [-0.1, -0.05) is 0 Å². The molecule has 0 aliphatic rings. The second-order valence-corrected chi connectivity index (χ2v) is 6.41. The van der Waals surface area contributed by atoms with E-state index in [1.807, 2.05) is 20.0 Å². The van der Waals surface area contributed by atoms with E-state index in [1.165, 1.54) is 10.9 Å². The standard InChI is InChI=1S/C12H19N5O2S/c1-5-17-7-11(9(2)15-17)6-13-20(18,19)12-8-16(4)14-10(12)3/h7-8,13H,5-6H2,1-4H3. The van der Waals surface area contributed by atoms with Crippen molar-refractivity contribution in [2.24, 2.45) is 7.05 Å². The maximum Gasteiger partial charge on any atom is 0.244 e. The Morgan fingerprint density at radius 3 is 2.40 bits per heavy atom. The Bertz CT molecular complexity index is 714. The molecular formula is C12H19N5O2S. The molecule has 0 spiro atoms. The van der Waals surface area contributed by atoms with Gasteiger partial charge < -0.3 is 0 Å². The number of nitrogens with zero attached hydrogens (tertiary/aromatic N) is 4. The van der Waals surface area contributed by atoms with Crippen molar-refractivity contribution in [2.45, 2.75) is 38.8 Å². The van der Waals surface area contributed by atoms with Gasteiger partial charge in [0.05, 0.1) is 11.4 Å². The molecule has 0 aromatic carbocycles. The third-order valence-electron chi connectivity index (χ3n) is 3.08. The van der Waals surface area contributed by atoms with E-state index in [0.29, 0.717) is 5.69 Å². The van der Waals surface area contributed by atoms with Gasteiger partial charge in [0.1, 0.15) is 4.90 Å². The van der Waals surface area contributed by atoms with Gasteiger partial charge in [0.15, 0.2) is 0 Å². The molecule has 7 nitrogen and oxygen atoms in total. The van der Waals surface area contributed by atoms with Crippen LogP contribution in [-0.4, -0.2) is 28.0 Å². The minimum atomic E-state index is -3.55. The predicted molar refractivity (Wildman–Crippen MR) is 74.6 cm³/mol. The Labute approximate surface area is 118 Å². The highest BCUT2D eigenvalue weighted by atomic mass is 32.2. The van der Waals surface area contributed by atoms with E-state index >= 15 is 0 Å². The Morgan fingerprint density at radius 1 is 1.20 bits per heavy atom. The highest BCUT2D eigenvalue weighted by molar-refractivity contribution is 7.89. The molecule has 2 rings (SSSR count). The molecule has 0 radical (unpaired) electrons. The van der Waals surface area contributed by atoms with Crippen molar-refractivity contribution in [3.8, 4) is 0 Å². The Balaban J connectivity index is 2.17. The largest absolute Gasteiger partial charge is 0.274 e. The molecule has 2 heterocycles. The van der Waals surface area contributed by atoms with Crippen molar-refractivity contribution < 1.29 is 8.42 Å². The van der Waals surface area contributed by atoms with Crippen molar-refractivity contribution in [1.29, 1.82) is 0 Å². The molecule has 110 valence electrons. The summed E-state index contributed by atoms with van der Waals surface area (Å²) in [7, 11) is -1.86. The molecule has 2 aromatic heterocycles. The summed E-state index contributed by atoms with van der Waals surface area (Å²) in [6, 6.07) is 0. The molecular weight excluding hydrogens is 278 g/mol. The predicted octanol–water partition coefficient (Wildman–Crippen LogP) is 0.732. The van der Waals surface area contributed by atoms with Gasteiger partial charge in [-0.2, -0.15) is 10.2 Å². The lowest BCUT2D eigenvalue weighted by Crippen LogP contribution is -2.23. The maximum atomic E-state index is 12.2. The molecule has 0 aliphatic carbocycles. The zero-order chi connectivity index (χ0) is 14.9. The molecule has 0 amide bonds. The summed E-state index contributed by atoms with van der Waals surface area (Å²) in [5.41, 5.74) is 2.19. The van der Waals surface area contributed by atoms with Crippen LogP contribution in [0.15, 0.2) is 17.3 Å². The van der Waals surface area contributed by atoms with Crippen molar-refractivity contribution in [1.82, 2.24) is 24.3 Å². The molecule has 0 atom stereocenters. The summed E-state index contributed by atoms with van der Waals surface area (Å²) in [6.07, 6.45) is 3.36. The maximum absolute atomic E-state index is 12.2. The van der Waals surface area contributed by atoms with E-state index in [1.54, 1.807) is 18.7 Å². The van der Waals surface area contributed by atoms with Crippen LogP contribution in [0.3, 0.4) is 0 Å². The van der Waals surface area contributed by atoms with E-state index < -0.39 is 10.0 Å². The SMILES string of the molecule is CCn1cc(CNS(=O)(=O)c2cn(C)nc2C)c(C)n1. The normalized spacial score (nSPS) is 12.0.